The minimum absolute atomic E-state index is 0.178. The highest BCUT2D eigenvalue weighted by Crippen LogP contribution is 2.26. The maximum Gasteiger partial charge on any atom is 0.224 e. The van der Waals surface area contributed by atoms with Gasteiger partial charge in [0.15, 0.2) is 0 Å². The van der Waals surface area contributed by atoms with Crippen molar-refractivity contribution in [2.75, 3.05) is 25.5 Å². The van der Waals surface area contributed by atoms with E-state index >= 15 is 0 Å². The number of fused-ring (bicyclic) bond motifs is 1. The van der Waals surface area contributed by atoms with Gasteiger partial charge in [0, 0.05) is 64.1 Å². The molecule has 1 aliphatic heterocycles. The SMILES string of the molecule is CN(C)c1ncc(CN2CCCn3nc(CNC(=O)C4CCC4)cc3C2)cn1. The molecule has 3 heterocycles. The van der Waals surface area contributed by atoms with Gasteiger partial charge in [-0.05, 0) is 25.3 Å². The van der Waals surface area contributed by atoms with Crippen molar-refractivity contribution >= 4 is 11.9 Å². The summed E-state index contributed by atoms with van der Waals surface area (Å²) in [6, 6.07) is 2.13. The van der Waals surface area contributed by atoms with Gasteiger partial charge in [-0.1, -0.05) is 6.42 Å². The number of hydrogen-bond acceptors (Lipinski definition) is 6. The van der Waals surface area contributed by atoms with Crippen LogP contribution >= 0.6 is 0 Å². The van der Waals surface area contributed by atoms with Gasteiger partial charge in [-0.2, -0.15) is 5.10 Å². The first-order chi connectivity index (χ1) is 13.6. The van der Waals surface area contributed by atoms with Crippen molar-refractivity contribution in [2.24, 2.45) is 5.92 Å². The standard InChI is InChI=1S/C20H29N7O/c1-25(2)20-22-10-15(11-23-20)13-26-7-4-8-27-18(14-26)9-17(24-27)12-21-19(28)16-5-3-6-16/h9-11,16H,3-8,12-14H2,1-2H3,(H,21,28). The Kier molecular flexibility index (Phi) is 5.57. The third kappa shape index (κ3) is 4.32. The number of hydrogen-bond donors (Lipinski definition) is 1. The van der Waals surface area contributed by atoms with E-state index < -0.39 is 0 Å². The van der Waals surface area contributed by atoms with Gasteiger partial charge in [0.2, 0.25) is 11.9 Å². The van der Waals surface area contributed by atoms with E-state index in [0.717, 1.165) is 62.6 Å². The van der Waals surface area contributed by atoms with Gasteiger partial charge >= 0.3 is 0 Å². The molecule has 2 aromatic heterocycles. The number of carbonyl (C=O) groups excluding carboxylic acids is 1. The Morgan fingerprint density at radius 2 is 2.00 bits per heavy atom. The minimum Gasteiger partial charge on any atom is -0.350 e. The van der Waals surface area contributed by atoms with E-state index in [1.807, 2.05) is 31.4 Å². The van der Waals surface area contributed by atoms with E-state index in [1.54, 1.807) is 0 Å². The topological polar surface area (TPSA) is 79.2 Å². The number of nitrogens with zero attached hydrogens (tertiary/aromatic N) is 6. The molecule has 0 saturated heterocycles. The highest BCUT2D eigenvalue weighted by atomic mass is 16.1. The second kappa shape index (κ2) is 8.26. The summed E-state index contributed by atoms with van der Waals surface area (Å²) in [6.45, 7) is 4.13. The molecule has 0 unspecified atom stereocenters. The van der Waals surface area contributed by atoms with Crippen LogP contribution in [0.3, 0.4) is 0 Å². The Bertz CT molecular complexity index is 810. The van der Waals surface area contributed by atoms with Crippen LogP contribution in [0.25, 0.3) is 0 Å². The zero-order chi connectivity index (χ0) is 19.5. The van der Waals surface area contributed by atoms with E-state index in [2.05, 4.69) is 30.9 Å². The van der Waals surface area contributed by atoms with E-state index in [0.29, 0.717) is 6.54 Å². The van der Waals surface area contributed by atoms with Crippen molar-refractivity contribution in [3.63, 3.8) is 0 Å². The van der Waals surface area contributed by atoms with Crippen molar-refractivity contribution in [3.8, 4) is 0 Å². The summed E-state index contributed by atoms with van der Waals surface area (Å²) in [5, 5.41) is 7.75. The van der Waals surface area contributed by atoms with Crippen molar-refractivity contribution in [3.05, 3.63) is 35.4 Å². The van der Waals surface area contributed by atoms with Crippen LogP contribution in [-0.4, -0.2) is 51.2 Å². The normalized spacial score (nSPS) is 17.5. The molecular weight excluding hydrogens is 354 g/mol. The van der Waals surface area contributed by atoms with E-state index in [4.69, 9.17) is 5.10 Å². The largest absolute Gasteiger partial charge is 0.350 e. The van der Waals surface area contributed by atoms with Crippen LogP contribution < -0.4 is 10.2 Å². The quantitative estimate of drug-likeness (QED) is 0.816. The summed E-state index contributed by atoms with van der Waals surface area (Å²) in [5.74, 6) is 1.13. The van der Waals surface area contributed by atoms with Crippen molar-refractivity contribution in [1.82, 2.24) is 30.0 Å². The van der Waals surface area contributed by atoms with Crippen LogP contribution in [0, 0.1) is 5.92 Å². The summed E-state index contributed by atoms with van der Waals surface area (Å²) in [4.78, 5) is 25.2. The van der Waals surface area contributed by atoms with Crippen LogP contribution in [0.4, 0.5) is 5.95 Å². The predicted octanol–water partition coefficient (Wildman–Crippen LogP) is 1.56. The third-order valence-corrected chi connectivity index (χ3v) is 5.56. The van der Waals surface area contributed by atoms with Crippen molar-refractivity contribution in [1.29, 1.82) is 0 Å². The molecule has 8 heteroatoms. The lowest BCUT2D eigenvalue weighted by Crippen LogP contribution is -2.34. The highest BCUT2D eigenvalue weighted by Gasteiger charge is 2.25. The average Bonchev–Trinajstić information content (AvgIpc) is 2.91. The van der Waals surface area contributed by atoms with Gasteiger partial charge in [0.25, 0.3) is 0 Å². The smallest absolute Gasteiger partial charge is 0.224 e. The minimum atomic E-state index is 0.178. The maximum atomic E-state index is 12.0. The molecule has 0 aromatic carbocycles. The number of amides is 1. The van der Waals surface area contributed by atoms with Crippen LogP contribution in [0.15, 0.2) is 18.5 Å². The van der Waals surface area contributed by atoms with Gasteiger partial charge < -0.3 is 10.2 Å². The van der Waals surface area contributed by atoms with Crippen LogP contribution in [0.1, 0.15) is 42.6 Å². The molecule has 1 amide bonds. The van der Waals surface area contributed by atoms with Crippen LogP contribution in [0.5, 0.6) is 0 Å². The van der Waals surface area contributed by atoms with Gasteiger partial charge in [-0.3, -0.25) is 14.4 Å². The Morgan fingerprint density at radius 1 is 1.21 bits per heavy atom. The van der Waals surface area contributed by atoms with Crippen molar-refractivity contribution < 1.29 is 4.79 Å². The monoisotopic (exact) mass is 383 g/mol. The van der Waals surface area contributed by atoms with Crippen molar-refractivity contribution in [2.45, 2.75) is 51.9 Å². The fourth-order valence-corrected chi connectivity index (χ4v) is 3.72. The lowest BCUT2D eigenvalue weighted by molar-refractivity contribution is -0.127. The number of rotatable bonds is 6. The fraction of sp³-hybridized carbons (Fsp3) is 0.600. The molecule has 1 N–H and O–H groups in total. The lowest BCUT2D eigenvalue weighted by Gasteiger charge is -2.23. The van der Waals surface area contributed by atoms with E-state index in [-0.39, 0.29) is 11.8 Å². The number of carbonyl (C=O) groups is 1. The molecule has 1 fully saturated rings. The van der Waals surface area contributed by atoms with Gasteiger partial charge in [-0.15, -0.1) is 0 Å². The van der Waals surface area contributed by atoms with E-state index in [1.165, 1.54) is 12.1 Å². The first-order valence-electron chi connectivity index (χ1n) is 10.1. The Labute approximate surface area is 165 Å². The summed E-state index contributed by atoms with van der Waals surface area (Å²) >= 11 is 0. The second-order valence-corrected chi connectivity index (χ2v) is 8.05. The van der Waals surface area contributed by atoms with Gasteiger partial charge in [0.05, 0.1) is 17.9 Å². The van der Waals surface area contributed by atoms with E-state index in [9.17, 15) is 4.79 Å². The molecule has 0 spiro atoms. The third-order valence-electron chi connectivity index (χ3n) is 5.56. The molecule has 2 aromatic rings. The molecule has 2 aliphatic rings. The molecule has 28 heavy (non-hydrogen) atoms. The molecule has 8 nitrogen and oxygen atoms in total. The first-order valence-corrected chi connectivity index (χ1v) is 10.1. The summed E-state index contributed by atoms with van der Waals surface area (Å²) in [7, 11) is 3.88. The molecule has 4 rings (SSSR count). The molecule has 0 radical (unpaired) electrons. The molecule has 0 atom stereocenters. The summed E-state index contributed by atoms with van der Waals surface area (Å²) in [6.07, 6.45) is 8.10. The average molecular weight is 384 g/mol. The number of anilines is 1. The maximum absolute atomic E-state index is 12.0. The predicted molar refractivity (Wildman–Crippen MR) is 107 cm³/mol. The lowest BCUT2D eigenvalue weighted by atomic mass is 9.85. The van der Waals surface area contributed by atoms with Crippen LogP contribution in [0.2, 0.25) is 0 Å². The number of nitrogens with one attached hydrogen (secondary N) is 1. The van der Waals surface area contributed by atoms with Gasteiger partial charge in [-0.25, -0.2) is 9.97 Å². The Balaban J connectivity index is 1.36. The first kappa shape index (κ1) is 18.9. The fourth-order valence-electron chi connectivity index (χ4n) is 3.72. The molecule has 0 bridgehead atoms. The van der Waals surface area contributed by atoms with Gasteiger partial charge in [0.1, 0.15) is 0 Å². The number of aryl methyl sites for hydroxylation is 1. The highest BCUT2D eigenvalue weighted by molar-refractivity contribution is 5.79. The molecular formula is C20H29N7O. The Hall–Kier alpha value is -2.48. The zero-order valence-electron chi connectivity index (χ0n) is 16.8. The molecule has 150 valence electrons. The second-order valence-electron chi connectivity index (χ2n) is 8.05. The molecule has 1 aliphatic carbocycles. The summed E-state index contributed by atoms with van der Waals surface area (Å²) < 4.78 is 2.09. The number of aromatic nitrogens is 4. The zero-order valence-corrected chi connectivity index (χ0v) is 16.8. The van der Waals surface area contributed by atoms with Crippen LogP contribution in [-0.2, 0) is 31.0 Å². The Morgan fingerprint density at radius 3 is 2.68 bits per heavy atom. The molecule has 1 saturated carbocycles. The summed E-state index contributed by atoms with van der Waals surface area (Å²) in [5.41, 5.74) is 3.27.